The molecule has 3 rings (SSSR count). The van der Waals surface area contributed by atoms with E-state index in [4.69, 9.17) is 9.15 Å². The van der Waals surface area contributed by atoms with Crippen LogP contribution < -0.4 is 14.8 Å². The van der Waals surface area contributed by atoms with Crippen LogP contribution in [-0.2, 0) is 10.0 Å². The van der Waals surface area contributed by atoms with Crippen molar-refractivity contribution in [2.45, 2.75) is 24.8 Å². The fourth-order valence-corrected chi connectivity index (χ4v) is 3.82. The zero-order valence-corrected chi connectivity index (χ0v) is 17.1. The number of carbonyl (C=O) groups is 1. The number of rotatable bonds is 7. The van der Waals surface area contributed by atoms with E-state index < -0.39 is 15.9 Å². The Kier molecular flexibility index (Phi) is 5.93. The smallest absolute Gasteiger partial charge is 0.261 e. The van der Waals surface area contributed by atoms with E-state index in [2.05, 4.69) is 10.0 Å². The van der Waals surface area contributed by atoms with Crippen molar-refractivity contribution in [1.29, 1.82) is 0 Å². The standard InChI is InChI=1S/C21H22N2O5S/c1-14-7-12-20(28-14)15(2)22-21(24)16-5-4-6-19(13-16)29(25,26)23-17-8-10-18(27-3)11-9-17/h4-13,15,23H,1-3H3,(H,22,24). The van der Waals surface area contributed by atoms with Crippen LogP contribution in [0.3, 0.4) is 0 Å². The third-order valence-electron chi connectivity index (χ3n) is 4.28. The van der Waals surface area contributed by atoms with Gasteiger partial charge in [0.2, 0.25) is 0 Å². The lowest BCUT2D eigenvalue weighted by molar-refractivity contribution is 0.0935. The molecule has 0 aliphatic heterocycles. The van der Waals surface area contributed by atoms with Gasteiger partial charge in [-0.05, 0) is 68.4 Å². The summed E-state index contributed by atoms with van der Waals surface area (Å²) in [6.45, 7) is 3.62. The maximum Gasteiger partial charge on any atom is 0.261 e. The fraction of sp³-hybridized carbons (Fsp3) is 0.190. The van der Waals surface area contributed by atoms with Gasteiger partial charge in [-0.25, -0.2) is 8.42 Å². The SMILES string of the molecule is COc1ccc(NS(=O)(=O)c2cccc(C(=O)NC(C)c3ccc(C)o3)c2)cc1. The molecule has 1 aromatic heterocycles. The number of benzene rings is 2. The maximum atomic E-state index is 12.7. The van der Waals surface area contributed by atoms with E-state index in [1.165, 1.54) is 25.3 Å². The largest absolute Gasteiger partial charge is 0.497 e. The van der Waals surface area contributed by atoms with Gasteiger partial charge in [0.25, 0.3) is 15.9 Å². The molecule has 0 aliphatic carbocycles. The number of amides is 1. The van der Waals surface area contributed by atoms with E-state index in [0.29, 0.717) is 17.2 Å². The summed E-state index contributed by atoms with van der Waals surface area (Å²) in [6.07, 6.45) is 0. The molecule has 1 unspecified atom stereocenters. The first-order chi connectivity index (χ1) is 13.8. The Balaban J connectivity index is 1.75. The van der Waals surface area contributed by atoms with Gasteiger partial charge in [0, 0.05) is 11.3 Å². The molecule has 7 nitrogen and oxygen atoms in total. The highest BCUT2D eigenvalue weighted by molar-refractivity contribution is 7.92. The van der Waals surface area contributed by atoms with Crippen LogP contribution in [0.1, 0.15) is 34.8 Å². The summed E-state index contributed by atoms with van der Waals surface area (Å²) in [5.74, 6) is 1.60. The Hall–Kier alpha value is -3.26. The summed E-state index contributed by atoms with van der Waals surface area (Å²) in [7, 11) is -2.32. The van der Waals surface area contributed by atoms with Crippen molar-refractivity contribution >= 4 is 21.6 Å². The number of ether oxygens (including phenoxy) is 1. The molecule has 0 saturated heterocycles. The van der Waals surface area contributed by atoms with Crippen molar-refractivity contribution in [1.82, 2.24) is 5.32 Å². The van der Waals surface area contributed by atoms with Crippen molar-refractivity contribution in [2.24, 2.45) is 0 Å². The van der Waals surface area contributed by atoms with Gasteiger partial charge in [-0.15, -0.1) is 0 Å². The van der Waals surface area contributed by atoms with E-state index in [0.717, 1.165) is 5.76 Å². The molecular formula is C21H22N2O5S. The van der Waals surface area contributed by atoms with Crippen molar-refractivity contribution in [3.8, 4) is 5.75 Å². The minimum Gasteiger partial charge on any atom is -0.497 e. The molecule has 2 N–H and O–H groups in total. The third kappa shape index (κ3) is 4.97. The summed E-state index contributed by atoms with van der Waals surface area (Å²) in [5, 5.41) is 2.81. The monoisotopic (exact) mass is 414 g/mol. The first kappa shape index (κ1) is 20.5. The van der Waals surface area contributed by atoms with Crippen LogP contribution in [0.25, 0.3) is 0 Å². The Labute approximate surface area is 169 Å². The van der Waals surface area contributed by atoms with Crippen LogP contribution in [0.4, 0.5) is 5.69 Å². The van der Waals surface area contributed by atoms with Gasteiger partial charge in [0.1, 0.15) is 17.3 Å². The predicted octanol–water partition coefficient (Wildman–Crippen LogP) is 3.89. The lowest BCUT2D eigenvalue weighted by atomic mass is 10.2. The lowest BCUT2D eigenvalue weighted by Gasteiger charge is -2.13. The molecular weight excluding hydrogens is 392 g/mol. The second kappa shape index (κ2) is 8.40. The average Bonchev–Trinajstić information content (AvgIpc) is 3.15. The van der Waals surface area contributed by atoms with Crippen molar-refractivity contribution in [3.05, 3.63) is 77.7 Å². The summed E-state index contributed by atoms with van der Waals surface area (Å²) >= 11 is 0. The number of hydrogen-bond donors (Lipinski definition) is 2. The van der Waals surface area contributed by atoms with Crippen LogP contribution >= 0.6 is 0 Å². The van der Waals surface area contributed by atoms with Gasteiger partial charge < -0.3 is 14.5 Å². The van der Waals surface area contributed by atoms with Gasteiger partial charge in [-0.2, -0.15) is 0 Å². The highest BCUT2D eigenvalue weighted by Gasteiger charge is 2.18. The zero-order valence-electron chi connectivity index (χ0n) is 16.3. The topological polar surface area (TPSA) is 97.6 Å². The first-order valence-electron chi connectivity index (χ1n) is 8.92. The van der Waals surface area contributed by atoms with E-state index in [1.54, 1.807) is 43.3 Å². The number of carbonyl (C=O) groups excluding carboxylic acids is 1. The highest BCUT2D eigenvalue weighted by Crippen LogP contribution is 2.21. The van der Waals surface area contributed by atoms with Crippen LogP contribution in [-0.4, -0.2) is 21.4 Å². The number of anilines is 1. The molecule has 2 aromatic carbocycles. The number of hydrogen-bond acceptors (Lipinski definition) is 5. The molecule has 0 saturated carbocycles. The predicted molar refractivity (Wildman–Crippen MR) is 110 cm³/mol. The molecule has 8 heteroatoms. The number of aryl methyl sites for hydroxylation is 1. The first-order valence-corrected chi connectivity index (χ1v) is 10.4. The molecule has 1 heterocycles. The van der Waals surface area contributed by atoms with Gasteiger partial charge in [-0.3, -0.25) is 9.52 Å². The van der Waals surface area contributed by atoms with Crippen LogP contribution in [0.15, 0.2) is 70.0 Å². The highest BCUT2D eigenvalue weighted by atomic mass is 32.2. The van der Waals surface area contributed by atoms with E-state index in [-0.39, 0.29) is 16.5 Å². The molecule has 3 aromatic rings. The Morgan fingerprint density at radius 2 is 1.79 bits per heavy atom. The zero-order chi connectivity index (χ0) is 21.0. The average molecular weight is 414 g/mol. The number of nitrogens with one attached hydrogen (secondary N) is 2. The molecule has 1 amide bonds. The second-order valence-electron chi connectivity index (χ2n) is 6.51. The van der Waals surface area contributed by atoms with E-state index >= 15 is 0 Å². The van der Waals surface area contributed by atoms with Crippen molar-refractivity contribution < 1.29 is 22.4 Å². The summed E-state index contributed by atoms with van der Waals surface area (Å²) in [6, 6.07) is 15.6. The minimum absolute atomic E-state index is 0.0116. The number of sulfonamides is 1. The molecule has 152 valence electrons. The molecule has 1 atom stereocenters. The van der Waals surface area contributed by atoms with Gasteiger partial charge in [0.15, 0.2) is 0 Å². The second-order valence-corrected chi connectivity index (χ2v) is 8.19. The van der Waals surface area contributed by atoms with Gasteiger partial charge >= 0.3 is 0 Å². The quantitative estimate of drug-likeness (QED) is 0.611. The maximum absolute atomic E-state index is 12.7. The van der Waals surface area contributed by atoms with Crippen LogP contribution in [0.5, 0.6) is 5.75 Å². The normalized spacial score (nSPS) is 12.2. The van der Waals surface area contributed by atoms with Crippen LogP contribution in [0, 0.1) is 6.92 Å². The van der Waals surface area contributed by atoms with Gasteiger partial charge in [-0.1, -0.05) is 6.07 Å². The van der Waals surface area contributed by atoms with E-state index in [1.807, 2.05) is 13.0 Å². The Morgan fingerprint density at radius 1 is 1.07 bits per heavy atom. The Bertz CT molecular complexity index is 1100. The molecule has 0 aliphatic rings. The number of furan rings is 1. The lowest BCUT2D eigenvalue weighted by Crippen LogP contribution is -2.26. The molecule has 0 fully saturated rings. The fourth-order valence-electron chi connectivity index (χ4n) is 2.71. The van der Waals surface area contributed by atoms with E-state index in [9.17, 15) is 13.2 Å². The molecule has 29 heavy (non-hydrogen) atoms. The summed E-state index contributed by atoms with van der Waals surface area (Å²) in [4.78, 5) is 12.5. The Morgan fingerprint density at radius 3 is 2.41 bits per heavy atom. The molecule has 0 bridgehead atoms. The summed E-state index contributed by atoms with van der Waals surface area (Å²) in [5.41, 5.74) is 0.625. The van der Waals surface area contributed by atoms with Gasteiger partial charge in [0.05, 0.1) is 18.0 Å². The van der Waals surface area contributed by atoms with Crippen LogP contribution in [0.2, 0.25) is 0 Å². The number of methoxy groups -OCH3 is 1. The minimum atomic E-state index is -3.86. The molecule has 0 radical (unpaired) electrons. The molecule has 0 spiro atoms. The van der Waals surface area contributed by atoms with Crippen molar-refractivity contribution in [2.75, 3.05) is 11.8 Å². The third-order valence-corrected chi connectivity index (χ3v) is 5.66. The summed E-state index contributed by atoms with van der Waals surface area (Å²) < 4.78 is 38.4. The van der Waals surface area contributed by atoms with Crippen molar-refractivity contribution in [3.63, 3.8) is 0 Å².